The molecule has 1 aromatic carbocycles. The molecule has 0 saturated heterocycles. The normalized spacial score (nSPS) is 11.2. The fourth-order valence-corrected chi connectivity index (χ4v) is 2.53. The highest BCUT2D eigenvalue weighted by atomic mass is 35.5. The van der Waals surface area contributed by atoms with Gasteiger partial charge in [0.1, 0.15) is 17.2 Å². The minimum atomic E-state index is -0.688. The summed E-state index contributed by atoms with van der Waals surface area (Å²) in [5.74, 6) is -0.729. The van der Waals surface area contributed by atoms with Gasteiger partial charge in [0.05, 0.1) is 23.6 Å². The Hall–Kier alpha value is -2.01. The Labute approximate surface area is 125 Å². The summed E-state index contributed by atoms with van der Waals surface area (Å²) in [4.78, 5) is 8.55. The maximum atomic E-state index is 13.8. The Kier molecular flexibility index (Phi) is 3.59. The monoisotopic (exact) mass is 307 g/mol. The first-order chi connectivity index (χ1) is 10.1. The van der Waals surface area contributed by atoms with Crippen LogP contribution in [0.3, 0.4) is 0 Å². The van der Waals surface area contributed by atoms with Crippen molar-refractivity contribution in [3.05, 3.63) is 59.2 Å². The van der Waals surface area contributed by atoms with Crippen molar-refractivity contribution in [3.63, 3.8) is 0 Å². The molecular weight excluding hydrogens is 296 g/mol. The van der Waals surface area contributed by atoms with E-state index in [2.05, 4.69) is 9.97 Å². The van der Waals surface area contributed by atoms with Crippen LogP contribution < -0.4 is 0 Å². The predicted molar refractivity (Wildman–Crippen MR) is 77.3 cm³/mol. The number of benzene rings is 1. The van der Waals surface area contributed by atoms with Gasteiger partial charge >= 0.3 is 0 Å². The molecule has 0 spiro atoms. The maximum absolute atomic E-state index is 13.8. The van der Waals surface area contributed by atoms with Crippen molar-refractivity contribution in [2.75, 3.05) is 0 Å². The van der Waals surface area contributed by atoms with Gasteiger partial charge in [-0.3, -0.25) is 4.98 Å². The summed E-state index contributed by atoms with van der Waals surface area (Å²) in [6.07, 6.45) is 0. The van der Waals surface area contributed by atoms with Crippen LogP contribution in [0.4, 0.5) is 8.78 Å². The molecule has 3 rings (SSSR count). The Morgan fingerprint density at radius 1 is 1.19 bits per heavy atom. The first-order valence-electron chi connectivity index (χ1n) is 6.41. The molecule has 21 heavy (non-hydrogen) atoms. The summed E-state index contributed by atoms with van der Waals surface area (Å²) in [5.41, 5.74) is 2.17. The topological polar surface area (TPSA) is 30.7 Å². The highest BCUT2D eigenvalue weighted by molar-refractivity contribution is 6.16. The van der Waals surface area contributed by atoms with Crippen LogP contribution in [0.15, 0.2) is 30.3 Å². The van der Waals surface area contributed by atoms with Crippen LogP contribution in [0.5, 0.6) is 0 Å². The van der Waals surface area contributed by atoms with E-state index < -0.39 is 11.6 Å². The SMILES string of the molecule is Cc1cccc(Cn2c(CCl)nc3c(F)cc(F)cc32)n1. The minimum Gasteiger partial charge on any atom is -0.321 e. The molecule has 108 valence electrons. The van der Waals surface area contributed by atoms with Crippen molar-refractivity contribution in [3.8, 4) is 0 Å². The van der Waals surface area contributed by atoms with Crippen LogP contribution in [0.25, 0.3) is 11.0 Å². The number of imidazole rings is 1. The third-order valence-corrected chi connectivity index (χ3v) is 3.48. The zero-order chi connectivity index (χ0) is 15.0. The number of aromatic nitrogens is 3. The van der Waals surface area contributed by atoms with Crippen LogP contribution in [-0.2, 0) is 12.4 Å². The summed E-state index contributed by atoms with van der Waals surface area (Å²) in [6, 6.07) is 7.71. The molecule has 0 atom stereocenters. The second-order valence-electron chi connectivity index (χ2n) is 4.77. The molecule has 6 heteroatoms. The van der Waals surface area contributed by atoms with E-state index in [9.17, 15) is 8.78 Å². The second-order valence-corrected chi connectivity index (χ2v) is 5.04. The summed E-state index contributed by atoms with van der Waals surface area (Å²) in [5, 5.41) is 0. The fraction of sp³-hybridized carbons (Fsp3) is 0.200. The Morgan fingerprint density at radius 3 is 2.71 bits per heavy atom. The number of pyridine rings is 1. The fourth-order valence-electron chi connectivity index (χ4n) is 2.33. The standard InChI is InChI=1S/C15H12ClF2N3/c1-9-3-2-4-11(19-9)8-21-13-6-10(17)5-12(18)15(13)20-14(21)7-16/h2-6H,7-8H2,1H3. The van der Waals surface area contributed by atoms with Gasteiger partial charge in [-0.05, 0) is 25.1 Å². The summed E-state index contributed by atoms with van der Waals surface area (Å²) in [6.45, 7) is 2.25. The smallest absolute Gasteiger partial charge is 0.153 e. The van der Waals surface area contributed by atoms with E-state index in [0.717, 1.165) is 17.5 Å². The second kappa shape index (κ2) is 5.41. The molecule has 0 radical (unpaired) electrons. The van der Waals surface area contributed by atoms with Gasteiger partial charge < -0.3 is 4.57 Å². The largest absolute Gasteiger partial charge is 0.321 e. The third kappa shape index (κ3) is 2.61. The maximum Gasteiger partial charge on any atom is 0.153 e. The van der Waals surface area contributed by atoms with Crippen molar-refractivity contribution in [1.29, 1.82) is 0 Å². The molecule has 3 nitrogen and oxygen atoms in total. The lowest BCUT2D eigenvalue weighted by Gasteiger charge is -2.08. The van der Waals surface area contributed by atoms with E-state index in [0.29, 0.717) is 17.9 Å². The molecule has 0 aliphatic carbocycles. The van der Waals surface area contributed by atoms with E-state index in [4.69, 9.17) is 11.6 Å². The molecule has 0 fully saturated rings. The minimum absolute atomic E-state index is 0.113. The van der Waals surface area contributed by atoms with Gasteiger partial charge in [0.25, 0.3) is 0 Å². The Morgan fingerprint density at radius 2 is 2.00 bits per heavy atom. The van der Waals surface area contributed by atoms with Gasteiger partial charge in [0.15, 0.2) is 5.82 Å². The summed E-state index contributed by atoms with van der Waals surface area (Å²) >= 11 is 5.87. The zero-order valence-corrected chi connectivity index (χ0v) is 12.0. The molecule has 2 aromatic heterocycles. The van der Waals surface area contributed by atoms with Crippen LogP contribution in [0.2, 0.25) is 0 Å². The van der Waals surface area contributed by atoms with Crippen molar-refractivity contribution in [2.45, 2.75) is 19.3 Å². The van der Waals surface area contributed by atoms with Crippen molar-refractivity contribution in [1.82, 2.24) is 14.5 Å². The molecule has 0 bridgehead atoms. The summed E-state index contributed by atoms with van der Waals surface area (Å²) < 4.78 is 29.0. The van der Waals surface area contributed by atoms with Crippen LogP contribution in [-0.4, -0.2) is 14.5 Å². The molecule has 0 aliphatic heterocycles. The van der Waals surface area contributed by atoms with Gasteiger partial charge in [-0.15, -0.1) is 11.6 Å². The molecule has 2 heterocycles. The van der Waals surface area contributed by atoms with Crippen LogP contribution in [0.1, 0.15) is 17.2 Å². The number of nitrogens with zero attached hydrogens (tertiary/aromatic N) is 3. The number of fused-ring (bicyclic) bond motifs is 1. The number of aryl methyl sites for hydroxylation is 1. The van der Waals surface area contributed by atoms with Gasteiger partial charge in [0.2, 0.25) is 0 Å². The number of alkyl halides is 1. The van der Waals surface area contributed by atoms with E-state index in [-0.39, 0.29) is 11.4 Å². The average Bonchev–Trinajstić information content (AvgIpc) is 2.77. The molecule has 0 aliphatic rings. The van der Waals surface area contributed by atoms with Crippen molar-refractivity contribution in [2.24, 2.45) is 0 Å². The quantitative estimate of drug-likeness (QED) is 0.689. The van der Waals surface area contributed by atoms with Crippen LogP contribution >= 0.6 is 11.6 Å². The van der Waals surface area contributed by atoms with E-state index >= 15 is 0 Å². The highest BCUT2D eigenvalue weighted by Crippen LogP contribution is 2.23. The molecule has 0 saturated carbocycles. The molecule has 0 N–H and O–H groups in total. The van der Waals surface area contributed by atoms with Crippen LogP contribution in [0, 0.1) is 18.6 Å². The number of halogens is 3. The van der Waals surface area contributed by atoms with Gasteiger partial charge in [-0.2, -0.15) is 0 Å². The molecule has 0 amide bonds. The van der Waals surface area contributed by atoms with Gasteiger partial charge in [-0.1, -0.05) is 6.07 Å². The first kappa shape index (κ1) is 13.9. The Balaban J connectivity index is 2.16. The predicted octanol–water partition coefficient (Wildman–Crippen LogP) is 3.81. The first-order valence-corrected chi connectivity index (χ1v) is 6.94. The molecule has 0 unspecified atom stereocenters. The lowest BCUT2D eigenvalue weighted by atomic mass is 10.2. The Bertz CT molecular complexity index is 814. The van der Waals surface area contributed by atoms with Crippen molar-refractivity contribution < 1.29 is 8.78 Å². The molecule has 3 aromatic rings. The van der Waals surface area contributed by atoms with Gasteiger partial charge in [0, 0.05) is 11.8 Å². The zero-order valence-electron chi connectivity index (χ0n) is 11.3. The molecular formula is C15H12ClF2N3. The number of rotatable bonds is 3. The van der Waals surface area contributed by atoms with E-state index in [1.54, 1.807) is 4.57 Å². The third-order valence-electron chi connectivity index (χ3n) is 3.24. The number of hydrogen-bond donors (Lipinski definition) is 0. The van der Waals surface area contributed by atoms with Gasteiger partial charge in [-0.25, -0.2) is 13.8 Å². The van der Waals surface area contributed by atoms with Crippen molar-refractivity contribution >= 4 is 22.6 Å². The van der Waals surface area contributed by atoms with E-state index in [1.807, 2.05) is 25.1 Å². The lowest BCUT2D eigenvalue weighted by Crippen LogP contribution is -2.06. The lowest BCUT2D eigenvalue weighted by molar-refractivity contribution is 0.590. The highest BCUT2D eigenvalue weighted by Gasteiger charge is 2.15. The summed E-state index contributed by atoms with van der Waals surface area (Å²) in [7, 11) is 0. The average molecular weight is 308 g/mol. The number of hydrogen-bond acceptors (Lipinski definition) is 2. The van der Waals surface area contributed by atoms with E-state index in [1.165, 1.54) is 6.07 Å².